The molecule has 0 aromatic heterocycles. The fourth-order valence-corrected chi connectivity index (χ4v) is 1.64. The van der Waals surface area contributed by atoms with E-state index in [1.165, 1.54) is 0 Å². The molecule has 6 heteroatoms. The average molecular weight is 306 g/mol. The maximum atomic E-state index is 9.90. The van der Waals surface area contributed by atoms with E-state index in [1.54, 1.807) is 6.92 Å². The first-order valence-electron chi connectivity index (χ1n) is 7.55. The Morgan fingerprint density at radius 2 is 1.38 bits per heavy atom. The van der Waals surface area contributed by atoms with Crippen molar-refractivity contribution in [2.45, 2.75) is 77.9 Å². The molecule has 0 aromatic rings. The lowest BCUT2D eigenvalue weighted by atomic mass is 9.93. The first kappa shape index (κ1) is 22.1. The quantitative estimate of drug-likeness (QED) is 0.364. The summed E-state index contributed by atoms with van der Waals surface area (Å²) < 4.78 is 0. The van der Waals surface area contributed by atoms with Gasteiger partial charge >= 0.3 is 11.9 Å². The van der Waals surface area contributed by atoms with Crippen molar-refractivity contribution < 1.29 is 30.0 Å². The molecule has 0 aliphatic carbocycles. The molecule has 21 heavy (non-hydrogen) atoms. The molecule has 0 aliphatic rings. The van der Waals surface area contributed by atoms with Gasteiger partial charge in [-0.3, -0.25) is 9.59 Å². The van der Waals surface area contributed by atoms with Gasteiger partial charge in [-0.1, -0.05) is 33.6 Å². The predicted octanol–water partition coefficient (Wildman–Crippen LogP) is 2.62. The van der Waals surface area contributed by atoms with Crippen molar-refractivity contribution in [1.82, 2.24) is 0 Å². The van der Waals surface area contributed by atoms with Crippen LogP contribution in [0.5, 0.6) is 0 Å². The largest absolute Gasteiger partial charge is 0.481 e. The van der Waals surface area contributed by atoms with Gasteiger partial charge in [0, 0.05) is 18.8 Å². The summed E-state index contributed by atoms with van der Waals surface area (Å²) >= 11 is 0. The molecule has 0 amide bonds. The molecule has 126 valence electrons. The Balaban J connectivity index is 0. The lowest BCUT2D eigenvalue weighted by molar-refractivity contribution is -0.199. The molecular formula is C15H30O6. The summed E-state index contributed by atoms with van der Waals surface area (Å²) in [6, 6.07) is 0. The van der Waals surface area contributed by atoms with Gasteiger partial charge in [-0.2, -0.15) is 0 Å². The molecule has 0 heterocycles. The number of carbonyl (C=O) groups is 2. The molecule has 1 atom stereocenters. The monoisotopic (exact) mass is 306 g/mol. The molecular weight excluding hydrogens is 276 g/mol. The molecule has 0 rings (SSSR count). The Hall–Kier alpha value is -1.14. The van der Waals surface area contributed by atoms with Crippen LogP contribution in [0.25, 0.3) is 0 Å². The van der Waals surface area contributed by atoms with Crippen LogP contribution in [-0.4, -0.2) is 38.2 Å². The summed E-state index contributed by atoms with van der Waals surface area (Å²) in [5.74, 6) is -3.20. The summed E-state index contributed by atoms with van der Waals surface area (Å²) in [4.78, 5) is 19.8. The Morgan fingerprint density at radius 1 is 0.952 bits per heavy atom. The van der Waals surface area contributed by atoms with E-state index in [4.69, 9.17) is 10.2 Å². The van der Waals surface area contributed by atoms with Crippen molar-refractivity contribution in [1.29, 1.82) is 0 Å². The van der Waals surface area contributed by atoms with Crippen LogP contribution < -0.4 is 0 Å². The van der Waals surface area contributed by atoms with Crippen molar-refractivity contribution in [2.75, 3.05) is 0 Å². The Morgan fingerprint density at radius 3 is 1.67 bits per heavy atom. The van der Waals surface area contributed by atoms with Crippen molar-refractivity contribution in [3.63, 3.8) is 0 Å². The standard InChI is InChI=1S/C9H20O2.C6H10O4/c1-4-6-7-8(3)9(10,11)5-2;7-5(8)3-1-2-4-6(9)10/h8,10-11H,4-7H2,1-3H3;1-4H2,(H,7,8)(H,9,10). The van der Waals surface area contributed by atoms with E-state index in [0.29, 0.717) is 19.3 Å². The third-order valence-corrected chi connectivity index (χ3v) is 3.33. The molecule has 0 saturated carbocycles. The second-order valence-electron chi connectivity index (χ2n) is 5.27. The number of carboxylic acid groups (broad SMARTS) is 2. The molecule has 0 aromatic carbocycles. The van der Waals surface area contributed by atoms with Crippen LogP contribution in [0.2, 0.25) is 0 Å². The second-order valence-corrected chi connectivity index (χ2v) is 5.27. The third-order valence-electron chi connectivity index (χ3n) is 3.33. The van der Waals surface area contributed by atoms with Crippen LogP contribution >= 0.6 is 0 Å². The molecule has 0 radical (unpaired) electrons. The van der Waals surface area contributed by atoms with E-state index in [0.717, 1.165) is 19.3 Å². The summed E-state index contributed by atoms with van der Waals surface area (Å²) in [5.41, 5.74) is 0. The molecule has 0 bridgehead atoms. The predicted molar refractivity (Wildman–Crippen MR) is 79.9 cm³/mol. The number of rotatable bonds is 10. The zero-order valence-electron chi connectivity index (χ0n) is 13.3. The van der Waals surface area contributed by atoms with Gasteiger partial charge in [-0.15, -0.1) is 0 Å². The van der Waals surface area contributed by atoms with Crippen LogP contribution in [0.3, 0.4) is 0 Å². The average Bonchev–Trinajstić information content (AvgIpc) is 2.41. The van der Waals surface area contributed by atoms with Gasteiger partial charge in [0.25, 0.3) is 0 Å². The van der Waals surface area contributed by atoms with Crippen LogP contribution in [0, 0.1) is 5.92 Å². The minimum absolute atomic E-state index is 0.00699. The number of hydrogen-bond acceptors (Lipinski definition) is 4. The number of hydrogen-bond donors (Lipinski definition) is 4. The Kier molecular flexibility index (Phi) is 13.3. The Labute approximate surface area is 126 Å². The van der Waals surface area contributed by atoms with Crippen molar-refractivity contribution in [3.05, 3.63) is 0 Å². The van der Waals surface area contributed by atoms with E-state index in [-0.39, 0.29) is 18.8 Å². The molecule has 0 spiro atoms. The number of carboxylic acids is 2. The highest BCUT2D eigenvalue weighted by Crippen LogP contribution is 2.22. The van der Waals surface area contributed by atoms with E-state index in [9.17, 15) is 19.8 Å². The third kappa shape index (κ3) is 15.1. The molecule has 6 nitrogen and oxygen atoms in total. The van der Waals surface area contributed by atoms with Gasteiger partial charge < -0.3 is 20.4 Å². The minimum Gasteiger partial charge on any atom is -0.481 e. The maximum Gasteiger partial charge on any atom is 0.303 e. The first-order chi connectivity index (χ1) is 9.67. The fourth-order valence-electron chi connectivity index (χ4n) is 1.64. The highest BCUT2D eigenvalue weighted by Gasteiger charge is 2.27. The second kappa shape index (κ2) is 12.6. The van der Waals surface area contributed by atoms with Gasteiger partial charge in [-0.05, 0) is 25.7 Å². The summed E-state index contributed by atoms with van der Waals surface area (Å²) in [7, 11) is 0. The van der Waals surface area contributed by atoms with E-state index < -0.39 is 17.7 Å². The first-order valence-corrected chi connectivity index (χ1v) is 7.55. The van der Waals surface area contributed by atoms with Crippen LogP contribution in [0.1, 0.15) is 72.1 Å². The van der Waals surface area contributed by atoms with Crippen LogP contribution in [0.15, 0.2) is 0 Å². The lowest BCUT2D eigenvalue weighted by Crippen LogP contribution is -2.35. The molecule has 0 fully saturated rings. The zero-order chi connectivity index (χ0) is 16.9. The SMILES string of the molecule is CCCCC(C)C(O)(O)CC.O=C(O)CCCCC(=O)O. The topological polar surface area (TPSA) is 115 Å². The molecule has 4 N–H and O–H groups in total. The lowest BCUT2D eigenvalue weighted by Gasteiger charge is -2.27. The summed E-state index contributed by atoms with van der Waals surface area (Å²) in [5, 5.41) is 35.0. The normalized spacial score (nSPS) is 12.2. The highest BCUT2D eigenvalue weighted by atomic mass is 16.5. The summed E-state index contributed by atoms with van der Waals surface area (Å²) in [6.07, 6.45) is 4.52. The van der Waals surface area contributed by atoms with Crippen molar-refractivity contribution in [2.24, 2.45) is 5.92 Å². The zero-order valence-corrected chi connectivity index (χ0v) is 13.3. The van der Waals surface area contributed by atoms with Crippen molar-refractivity contribution in [3.8, 4) is 0 Å². The van der Waals surface area contributed by atoms with E-state index in [2.05, 4.69) is 6.92 Å². The number of unbranched alkanes of at least 4 members (excludes halogenated alkanes) is 2. The molecule has 0 aliphatic heterocycles. The van der Waals surface area contributed by atoms with Gasteiger partial charge in [0.15, 0.2) is 5.79 Å². The van der Waals surface area contributed by atoms with E-state index >= 15 is 0 Å². The number of aliphatic hydroxyl groups is 2. The van der Waals surface area contributed by atoms with Crippen molar-refractivity contribution >= 4 is 11.9 Å². The Bertz CT molecular complexity index is 272. The van der Waals surface area contributed by atoms with Gasteiger partial charge in [-0.25, -0.2) is 0 Å². The van der Waals surface area contributed by atoms with Gasteiger partial charge in [0.2, 0.25) is 0 Å². The summed E-state index contributed by atoms with van der Waals surface area (Å²) in [6.45, 7) is 5.79. The van der Waals surface area contributed by atoms with Gasteiger partial charge in [0.1, 0.15) is 0 Å². The maximum absolute atomic E-state index is 9.90. The fraction of sp³-hybridized carbons (Fsp3) is 0.867. The highest BCUT2D eigenvalue weighted by molar-refractivity contribution is 5.67. The van der Waals surface area contributed by atoms with Crippen LogP contribution in [-0.2, 0) is 9.59 Å². The minimum atomic E-state index is -1.45. The van der Waals surface area contributed by atoms with E-state index in [1.807, 2.05) is 6.92 Å². The molecule has 1 unspecified atom stereocenters. The molecule has 0 saturated heterocycles. The number of aliphatic carboxylic acids is 2. The van der Waals surface area contributed by atoms with Gasteiger partial charge in [0.05, 0.1) is 0 Å². The smallest absolute Gasteiger partial charge is 0.303 e. The van der Waals surface area contributed by atoms with Crippen LogP contribution in [0.4, 0.5) is 0 Å².